The number of ketones is 1. The molecule has 0 amide bonds. The maximum atomic E-state index is 13.1. The van der Waals surface area contributed by atoms with Gasteiger partial charge in [0.1, 0.15) is 11.1 Å². The number of carbonyl (C=O) groups is 1. The summed E-state index contributed by atoms with van der Waals surface area (Å²) in [6.07, 6.45) is 0. The highest BCUT2D eigenvalue weighted by Gasteiger charge is 2.23. The summed E-state index contributed by atoms with van der Waals surface area (Å²) >= 11 is 1.56. The number of aryl methyl sites for hydroxylation is 1. The minimum absolute atomic E-state index is 0.0896. The summed E-state index contributed by atoms with van der Waals surface area (Å²) in [7, 11) is 0. The van der Waals surface area contributed by atoms with Crippen molar-refractivity contribution in [1.29, 1.82) is 0 Å². The topological polar surface area (TPSA) is 47.3 Å². The van der Waals surface area contributed by atoms with Gasteiger partial charge in [-0.25, -0.2) is 4.79 Å². The molecule has 2 heterocycles. The highest BCUT2D eigenvalue weighted by molar-refractivity contribution is 7.15. The molecule has 0 saturated carbocycles. The van der Waals surface area contributed by atoms with E-state index in [9.17, 15) is 9.59 Å². The van der Waals surface area contributed by atoms with Crippen molar-refractivity contribution in [2.24, 2.45) is 0 Å². The van der Waals surface area contributed by atoms with Crippen LogP contribution in [0.4, 0.5) is 0 Å². The first kappa shape index (κ1) is 15.5. The van der Waals surface area contributed by atoms with Crippen molar-refractivity contribution in [3.8, 4) is 10.4 Å². The molecule has 25 heavy (non-hydrogen) atoms. The van der Waals surface area contributed by atoms with Gasteiger partial charge >= 0.3 is 5.63 Å². The van der Waals surface area contributed by atoms with E-state index in [1.54, 1.807) is 41.7 Å². The van der Waals surface area contributed by atoms with E-state index in [-0.39, 0.29) is 11.3 Å². The van der Waals surface area contributed by atoms with E-state index >= 15 is 0 Å². The highest BCUT2D eigenvalue weighted by Crippen LogP contribution is 2.35. The van der Waals surface area contributed by atoms with Gasteiger partial charge < -0.3 is 4.42 Å². The van der Waals surface area contributed by atoms with E-state index < -0.39 is 5.63 Å². The molecule has 4 aromatic rings. The van der Waals surface area contributed by atoms with Crippen LogP contribution in [0.3, 0.4) is 0 Å². The number of fused-ring (bicyclic) bond motifs is 1. The average Bonchev–Trinajstić information content (AvgIpc) is 3.06. The molecule has 3 nitrogen and oxygen atoms in total. The molecule has 0 radical (unpaired) electrons. The Morgan fingerprint density at radius 2 is 1.64 bits per heavy atom. The zero-order valence-electron chi connectivity index (χ0n) is 13.5. The van der Waals surface area contributed by atoms with Gasteiger partial charge in [-0.2, -0.15) is 0 Å². The van der Waals surface area contributed by atoms with Crippen LogP contribution in [0.15, 0.2) is 75.9 Å². The van der Waals surface area contributed by atoms with Crippen molar-refractivity contribution in [2.75, 3.05) is 0 Å². The number of para-hydroxylation sites is 1. The van der Waals surface area contributed by atoms with Gasteiger partial charge in [0, 0.05) is 26.3 Å². The van der Waals surface area contributed by atoms with Crippen LogP contribution in [0.1, 0.15) is 20.8 Å². The Morgan fingerprint density at radius 1 is 0.920 bits per heavy atom. The lowest BCUT2D eigenvalue weighted by Crippen LogP contribution is -2.17. The van der Waals surface area contributed by atoms with Crippen LogP contribution in [0.5, 0.6) is 0 Å². The van der Waals surface area contributed by atoms with Crippen LogP contribution in [-0.4, -0.2) is 5.78 Å². The molecule has 2 aromatic carbocycles. The largest absolute Gasteiger partial charge is 0.422 e. The number of hydrogen-bond donors (Lipinski definition) is 0. The smallest absolute Gasteiger partial charge is 0.348 e. The second kappa shape index (κ2) is 6.15. The molecule has 0 unspecified atom stereocenters. The maximum absolute atomic E-state index is 13.1. The predicted octanol–water partition coefficient (Wildman–Crippen LogP) is 5.06. The molecule has 0 spiro atoms. The molecule has 0 aliphatic carbocycles. The van der Waals surface area contributed by atoms with Crippen LogP contribution < -0.4 is 5.63 Å². The number of benzene rings is 2. The lowest BCUT2D eigenvalue weighted by atomic mass is 9.96. The van der Waals surface area contributed by atoms with Crippen LogP contribution in [0.25, 0.3) is 21.4 Å². The number of hydrogen-bond acceptors (Lipinski definition) is 4. The summed E-state index contributed by atoms with van der Waals surface area (Å²) < 4.78 is 5.43. The van der Waals surface area contributed by atoms with Crippen molar-refractivity contribution in [3.05, 3.63) is 93.2 Å². The minimum atomic E-state index is -0.603. The molecule has 0 aliphatic rings. The third-order valence-electron chi connectivity index (χ3n) is 4.06. The van der Waals surface area contributed by atoms with E-state index in [0.717, 1.165) is 15.1 Å². The molecule has 0 N–H and O–H groups in total. The summed E-state index contributed by atoms with van der Waals surface area (Å²) in [6.45, 7) is 2.00. The Balaban J connectivity index is 2.08. The van der Waals surface area contributed by atoms with Crippen molar-refractivity contribution in [1.82, 2.24) is 0 Å². The second-order valence-electron chi connectivity index (χ2n) is 5.74. The summed E-state index contributed by atoms with van der Waals surface area (Å²) in [5, 5.41) is 0.767. The van der Waals surface area contributed by atoms with E-state index in [0.29, 0.717) is 16.7 Å². The molecular weight excluding hydrogens is 332 g/mol. The van der Waals surface area contributed by atoms with Crippen molar-refractivity contribution < 1.29 is 9.21 Å². The number of carbonyl (C=O) groups excluding carboxylic acids is 1. The molecule has 0 aliphatic heterocycles. The van der Waals surface area contributed by atoms with Gasteiger partial charge in [0.15, 0.2) is 0 Å². The fourth-order valence-electron chi connectivity index (χ4n) is 2.91. The van der Waals surface area contributed by atoms with E-state index in [1.165, 1.54) is 0 Å². The summed E-state index contributed by atoms with van der Waals surface area (Å²) in [6, 6.07) is 20.1. The normalized spacial score (nSPS) is 10.9. The molecule has 122 valence electrons. The SMILES string of the molecule is Cc1ccc(-c2c(C(=O)c3ccccc3)c(=O)oc3ccccc23)s1. The van der Waals surface area contributed by atoms with Gasteiger partial charge in [-0.05, 0) is 25.1 Å². The molecule has 0 fully saturated rings. The molecule has 4 rings (SSSR count). The van der Waals surface area contributed by atoms with Crippen LogP contribution in [-0.2, 0) is 0 Å². The maximum Gasteiger partial charge on any atom is 0.348 e. The average molecular weight is 346 g/mol. The third-order valence-corrected chi connectivity index (χ3v) is 5.08. The van der Waals surface area contributed by atoms with Crippen LogP contribution in [0.2, 0.25) is 0 Å². The fourth-order valence-corrected chi connectivity index (χ4v) is 3.85. The van der Waals surface area contributed by atoms with E-state index in [2.05, 4.69) is 0 Å². The molecular formula is C21H14O3S. The zero-order valence-corrected chi connectivity index (χ0v) is 14.3. The molecule has 4 heteroatoms. The first-order valence-corrected chi connectivity index (χ1v) is 8.69. The third kappa shape index (κ3) is 2.71. The Bertz CT molecular complexity index is 1140. The van der Waals surface area contributed by atoms with Crippen molar-refractivity contribution in [3.63, 3.8) is 0 Å². The Morgan fingerprint density at radius 3 is 2.36 bits per heavy atom. The Kier molecular flexibility index (Phi) is 3.82. The summed E-state index contributed by atoms with van der Waals surface area (Å²) in [5.41, 5.74) is 1.09. The Labute approximate surface area is 148 Å². The quantitative estimate of drug-likeness (QED) is 0.385. The van der Waals surface area contributed by atoms with Gasteiger partial charge in [-0.15, -0.1) is 11.3 Å². The van der Waals surface area contributed by atoms with Gasteiger partial charge in [-0.3, -0.25) is 4.79 Å². The first-order valence-electron chi connectivity index (χ1n) is 7.87. The zero-order chi connectivity index (χ0) is 17.4. The van der Waals surface area contributed by atoms with Gasteiger partial charge in [0.05, 0.1) is 0 Å². The number of rotatable bonds is 3. The first-order chi connectivity index (χ1) is 12.1. The monoisotopic (exact) mass is 346 g/mol. The van der Waals surface area contributed by atoms with Crippen molar-refractivity contribution >= 4 is 28.1 Å². The lowest BCUT2D eigenvalue weighted by Gasteiger charge is -2.09. The summed E-state index contributed by atoms with van der Waals surface area (Å²) in [4.78, 5) is 27.7. The van der Waals surface area contributed by atoms with E-state index in [4.69, 9.17) is 4.42 Å². The van der Waals surface area contributed by atoms with Crippen LogP contribution in [0, 0.1) is 6.92 Å². The lowest BCUT2D eigenvalue weighted by molar-refractivity contribution is 0.103. The fraction of sp³-hybridized carbons (Fsp3) is 0.0476. The molecule has 0 atom stereocenters. The number of thiophene rings is 1. The predicted molar refractivity (Wildman–Crippen MR) is 100 cm³/mol. The standard InChI is InChI=1S/C21H14O3S/c1-13-11-12-17(25-13)18-15-9-5-6-10-16(15)24-21(23)19(18)20(22)14-7-3-2-4-8-14/h2-12H,1H3. The minimum Gasteiger partial charge on any atom is -0.422 e. The highest BCUT2D eigenvalue weighted by atomic mass is 32.1. The van der Waals surface area contributed by atoms with Gasteiger partial charge in [0.25, 0.3) is 0 Å². The molecule has 2 aromatic heterocycles. The van der Waals surface area contributed by atoms with Crippen LogP contribution >= 0.6 is 11.3 Å². The Hall–Kier alpha value is -2.98. The van der Waals surface area contributed by atoms with Gasteiger partial charge in [0.2, 0.25) is 5.78 Å². The molecule has 0 saturated heterocycles. The van der Waals surface area contributed by atoms with Crippen molar-refractivity contribution in [2.45, 2.75) is 6.92 Å². The van der Waals surface area contributed by atoms with Gasteiger partial charge in [-0.1, -0.05) is 48.5 Å². The molecule has 0 bridgehead atoms. The summed E-state index contributed by atoms with van der Waals surface area (Å²) in [5.74, 6) is -0.318. The second-order valence-corrected chi connectivity index (χ2v) is 7.03. The van der Waals surface area contributed by atoms with E-state index in [1.807, 2.05) is 43.3 Å².